The third-order valence-corrected chi connectivity index (χ3v) is 2.49. The van der Waals surface area contributed by atoms with Crippen molar-refractivity contribution in [3.63, 3.8) is 0 Å². The molecule has 0 amide bonds. The standard InChI is InChI=1S/C10H9NO3S/c12-15(13,14)6-4-8-1-2-10-9(7-8)3-5-11-10/h1-7,11H,(H,12,13,14)/b6-4+. The molecule has 0 aliphatic carbocycles. The van der Waals surface area contributed by atoms with E-state index in [2.05, 4.69) is 4.98 Å². The van der Waals surface area contributed by atoms with Crippen LogP contribution in [0.5, 0.6) is 0 Å². The van der Waals surface area contributed by atoms with Gasteiger partial charge in [0.1, 0.15) is 0 Å². The Morgan fingerprint density at radius 1 is 1.27 bits per heavy atom. The molecule has 15 heavy (non-hydrogen) atoms. The van der Waals surface area contributed by atoms with Crippen molar-refractivity contribution in [3.05, 3.63) is 41.4 Å². The highest BCUT2D eigenvalue weighted by atomic mass is 32.2. The maximum Gasteiger partial charge on any atom is 0.287 e. The Bertz CT molecular complexity index is 610. The van der Waals surface area contributed by atoms with Gasteiger partial charge in [-0.1, -0.05) is 6.07 Å². The van der Waals surface area contributed by atoms with Gasteiger partial charge in [-0.05, 0) is 35.2 Å². The minimum Gasteiger partial charge on any atom is -0.361 e. The Balaban J connectivity index is 2.41. The number of hydrogen-bond donors (Lipinski definition) is 2. The lowest BCUT2D eigenvalue weighted by molar-refractivity contribution is 0.494. The molecule has 0 unspecified atom stereocenters. The monoisotopic (exact) mass is 223 g/mol. The van der Waals surface area contributed by atoms with Crippen molar-refractivity contribution >= 4 is 27.1 Å². The molecule has 1 aromatic heterocycles. The van der Waals surface area contributed by atoms with Crippen LogP contribution in [-0.2, 0) is 10.1 Å². The molecule has 0 fully saturated rings. The van der Waals surface area contributed by atoms with Crippen LogP contribution in [0.1, 0.15) is 5.56 Å². The van der Waals surface area contributed by atoms with Gasteiger partial charge in [0.25, 0.3) is 10.1 Å². The fourth-order valence-corrected chi connectivity index (χ4v) is 1.67. The molecular formula is C10H9NO3S. The zero-order valence-corrected chi connectivity index (χ0v) is 8.53. The quantitative estimate of drug-likeness (QED) is 0.765. The normalized spacial score (nSPS) is 12.6. The van der Waals surface area contributed by atoms with Crippen LogP contribution in [-0.4, -0.2) is 18.0 Å². The highest BCUT2D eigenvalue weighted by Crippen LogP contribution is 2.15. The van der Waals surface area contributed by atoms with Gasteiger partial charge in [0.2, 0.25) is 0 Å². The van der Waals surface area contributed by atoms with E-state index < -0.39 is 10.1 Å². The number of benzene rings is 1. The summed E-state index contributed by atoms with van der Waals surface area (Å²) in [6, 6.07) is 7.33. The van der Waals surface area contributed by atoms with E-state index in [1.165, 1.54) is 6.08 Å². The van der Waals surface area contributed by atoms with Gasteiger partial charge in [-0.25, -0.2) is 0 Å². The van der Waals surface area contributed by atoms with Crippen molar-refractivity contribution in [1.82, 2.24) is 4.98 Å². The molecule has 0 saturated carbocycles. The minimum atomic E-state index is -4.05. The van der Waals surface area contributed by atoms with Crippen LogP contribution in [0.2, 0.25) is 0 Å². The molecule has 4 nitrogen and oxygen atoms in total. The molecule has 0 aliphatic heterocycles. The molecule has 0 spiro atoms. The Hall–Kier alpha value is -1.59. The summed E-state index contributed by atoms with van der Waals surface area (Å²) in [6.45, 7) is 0. The molecule has 0 radical (unpaired) electrons. The Morgan fingerprint density at radius 2 is 2.07 bits per heavy atom. The van der Waals surface area contributed by atoms with Gasteiger partial charge in [0.15, 0.2) is 0 Å². The van der Waals surface area contributed by atoms with E-state index in [4.69, 9.17) is 4.55 Å². The SMILES string of the molecule is O=S(=O)(O)/C=C/c1ccc2[nH]ccc2c1. The highest BCUT2D eigenvalue weighted by Gasteiger charge is 1.97. The zero-order chi connectivity index (χ0) is 10.9. The van der Waals surface area contributed by atoms with E-state index in [1.54, 1.807) is 12.3 Å². The third kappa shape index (κ3) is 2.45. The summed E-state index contributed by atoms with van der Waals surface area (Å²) in [5, 5.41) is 1.76. The molecule has 2 aromatic rings. The fraction of sp³-hybridized carbons (Fsp3) is 0. The number of aromatic nitrogens is 1. The molecule has 0 bridgehead atoms. The largest absolute Gasteiger partial charge is 0.361 e. The Labute approximate surface area is 87.0 Å². The summed E-state index contributed by atoms with van der Waals surface area (Å²) in [5.74, 6) is 0. The van der Waals surface area contributed by atoms with Crippen molar-refractivity contribution < 1.29 is 13.0 Å². The van der Waals surface area contributed by atoms with Crippen molar-refractivity contribution in [1.29, 1.82) is 0 Å². The molecule has 1 aromatic carbocycles. The molecule has 78 valence electrons. The molecule has 1 heterocycles. The summed E-state index contributed by atoms with van der Waals surface area (Å²) < 4.78 is 29.5. The topological polar surface area (TPSA) is 70.2 Å². The van der Waals surface area contributed by atoms with Crippen molar-refractivity contribution in [2.75, 3.05) is 0 Å². The maximum absolute atomic E-state index is 10.5. The van der Waals surface area contributed by atoms with Gasteiger partial charge in [0, 0.05) is 11.7 Å². The molecule has 2 rings (SSSR count). The summed E-state index contributed by atoms with van der Waals surface area (Å²) in [4.78, 5) is 3.03. The molecule has 0 saturated heterocycles. The number of hydrogen-bond acceptors (Lipinski definition) is 2. The van der Waals surface area contributed by atoms with Crippen molar-refractivity contribution in [3.8, 4) is 0 Å². The molecule has 5 heteroatoms. The predicted octanol–water partition coefficient (Wildman–Crippen LogP) is 2.03. The number of fused-ring (bicyclic) bond motifs is 1. The number of aromatic amines is 1. The summed E-state index contributed by atoms with van der Waals surface area (Å²) >= 11 is 0. The molecule has 2 N–H and O–H groups in total. The molecule has 0 atom stereocenters. The predicted molar refractivity (Wildman–Crippen MR) is 58.9 cm³/mol. The van der Waals surface area contributed by atoms with E-state index in [0.29, 0.717) is 0 Å². The first-order valence-corrected chi connectivity index (χ1v) is 5.78. The van der Waals surface area contributed by atoms with Crippen LogP contribution < -0.4 is 0 Å². The van der Waals surface area contributed by atoms with Crippen LogP contribution in [0.15, 0.2) is 35.9 Å². The maximum atomic E-state index is 10.5. The van der Waals surface area contributed by atoms with E-state index in [0.717, 1.165) is 21.9 Å². The van der Waals surface area contributed by atoms with Gasteiger partial charge in [0.05, 0.1) is 5.41 Å². The number of rotatable bonds is 2. The summed E-state index contributed by atoms with van der Waals surface area (Å²) in [7, 11) is -4.05. The van der Waals surface area contributed by atoms with Crippen molar-refractivity contribution in [2.45, 2.75) is 0 Å². The van der Waals surface area contributed by atoms with Crippen LogP contribution in [0.4, 0.5) is 0 Å². The second kappa shape index (κ2) is 3.52. The first-order chi connectivity index (χ1) is 7.04. The second-order valence-electron chi connectivity index (χ2n) is 3.14. The van der Waals surface area contributed by atoms with Gasteiger partial charge in [-0.3, -0.25) is 4.55 Å². The number of H-pyrrole nitrogens is 1. The average Bonchev–Trinajstić information content (AvgIpc) is 2.60. The third-order valence-electron chi connectivity index (χ3n) is 2.01. The van der Waals surface area contributed by atoms with Crippen LogP contribution in [0.25, 0.3) is 17.0 Å². The van der Waals surface area contributed by atoms with E-state index in [1.807, 2.05) is 18.2 Å². The molecule has 0 aliphatic rings. The number of nitrogens with one attached hydrogen (secondary N) is 1. The van der Waals surface area contributed by atoms with Crippen LogP contribution >= 0.6 is 0 Å². The lowest BCUT2D eigenvalue weighted by atomic mass is 10.1. The van der Waals surface area contributed by atoms with E-state index >= 15 is 0 Å². The first kappa shape index (κ1) is 9.95. The fourth-order valence-electron chi connectivity index (χ4n) is 1.34. The van der Waals surface area contributed by atoms with Crippen LogP contribution in [0.3, 0.4) is 0 Å². The second-order valence-corrected chi connectivity index (χ2v) is 4.44. The van der Waals surface area contributed by atoms with Crippen LogP contribution in [0, 0.1) is 0 Å². The lowest BCUT2D eigenvalue weighted by Gasteiger charge is -1.93. The molecular weight excluding hydrogens is 214 g/mol. The zero-order valence-electron chi connectivity index (χ0n) is 7.71. The van der Waals surface area contributed by atoms with Gasteiger partial charge in [-0.15, -0.1) is 0 Å². The van der Waals surface area contributed by atoms with Gasteiger partial charge >= 0.3 is 0 Å². The first-order valence-electron chi connectivity index (χ1n) is 4.27. The van der Waals surface area contributed by atoms with Gasteiger partial charge in [-0.2, -0.15) is 8.42 Å². The Morgan fingerprint density at radius 3 is 2.80 bits per heavy atom. The van der Waals surface area contributed by atoms with E-state index in [9.17, 15) is 8.42 Å². The Kier molecular flexibility index (Phi) is 2.34. The highest BCUT2D eigenvalue weighted by molar-refractivity contribution is 7.88. The minimum absolute atomic E-state index is 0.722. The lowest BCUT2D eigenvalue weighted by Crippen LogP contribution is -1.88. The van der Waals surface area contributed by atoms with E-state index in [-0.39, 0.29) is 0 Å². The summed E-state index contributed by atoms with van der Waals surface area (Å²) in [5.41, 5.74) is 1.71. The van der Waals surface area contributed by atoms with Gasteiger partial charge < -0.3 is 4.98 Å². The average molecular weight is 223 g/mol. The smallest absolute Gasteiger partial charge is 0.287 e. The van der Waals surface area contributed by atoms with Crippen molar-refractivity contribution in [2.24, 2.45) is 0 Å². The summed E-state index contributed by atoms with van der Waals surface area (Å²) in [6.07, 6.45) is 3.16.